The summed E-state index contributed by atoms with van der Waals surface area (Å²) in [5.41, 5.74) is 0.864. The van der Waals surface area contributed by atoms with E-state index in [0.29, 0.717) is 10.0 Å². The molecule has 0 unspecified atom stereocenters. The largest absolute Gasteiger partial charge is 0.308 e. The molecule has 0 fully saturated rings. The molecule has 0 aliphatic heterocycles. The van der Waals surface area contributed by atoms with Crippen LogP contribution in [-0.2, 0) is 0 Å². The molecule has 4 heteroatoms. The van der Waals surface area contributed by atoms with E-state index in [1.54, 1.807) is 18.3 Å². The second-order valence-electron chi connectivity index (χ2n) is 3.50. The molecule has 0 radical (unpaired) electrons. The van der Waals surface area contributed by atoms with Crippen LogP contribution in [0.5, 0.6) is 0 Å². The van der Waals surface area contributed by atoms with Gasteiger partial charge in [-0.3, -0.25) is 4.99 Å². The normalized spacial score (nSPS) is 11.5. The topological polar surface area (TPSA) is 15.6 Å². The second kappa shape index (κ2) is 6.11. The van der Waals surface area contributed by atoms with Gasteiger partial charge in [0.25, 0.3) is 0 Å². The van der Waals surface area contributed by atoms with Gasteiger partial charge in [0.1, 0.15) is 0 Å². The highest BCUT2D eigenvalue weighted by Gasteiger charge is 1.97. The van der Waals surface area contributed by atoms with Crippen LogP contribution in [0, 0.1) is 0 Å². The fraction of sp³-hybridized carbons (Fsp3) is 0.364. The SMILES string of the molecule is CN(C)CCN=Cc1cc(Cl)ccc1Cl. The minimum Gasteiger partial charge on any atom is -0.308 e. The molecule has 1 aromatic rings. The molecule has 1 aromatic carbocycles. The van der Waals surface area contributed by atoms with Crippen molar-refractivity contribution in [3.8, 4) is 0 Å². The maximum absolute atomic E-state index is 5.98. The van der Waals surface area contributed by atoms with Crippen LogP contribution in [0.4, 0.5) is 0 Å². The molecule has 2 nitrogen and oxygen atoms in total. The van der Waals surface area contributed by atoms with Crippen LogP contribution in [0.1, 0.15) is 5.56 Å². The van der Waals surface area contributed by atoms with Crippen molar-refractivity contribution < 1.29 is 0 Å². The van der Waals surface area contributed by atoms with Crippen LogP contribution in [-0.4, -0.2) is 38.3 Å². The lowest BCUT2D eigenvalue weighted by Crippen LogP contribution is -2.15. The molecule has 1 rings (SSSR count). The molecule has 0 aromatic heterocycles. The Bertz CT molecular complexity index is 348. The zero-order chi connectivity index (χ0) is 11.3. The Morgan fingerprint density at radius 3 is 2.73 bits per heavy atom. The van der Waals surface area contributed by atoms with Crippen molar-refractivity contribution in [2.45, 2.75) is 0 Å². The Hall–Kier alpha value is -0.570. The highest BCUT2D eigenvalue weighted by atomic mass is 35.5. The Labute approximate surface area is 101 Å². The third kappa shape index (κ3) is 4.65. The summed E-state index contributed by atoms with van der Waals surface area (Å²) >= 11 is 11.8. The fourth-order valence-corrected chi connectivity index (χ4v) is 1.38. The van der Waals surface area contributed by atoms with Crippen LogP contribution in [0.2, 0.25) is 10.0 Å². The first-order chi connectivity index (χ1) is 7.09. The summed E-state index contributed by atoms with van der Waals surface area (Å²) in [5.74, 6) is 0. The van der Waals surface area contributed by atoms with Gasteiger partial charge >= 0.3 is 0 Å². The summed E-state index contributed by atoms with van der Waals surface area (Å²) in [7, 11) is 4.03. The summed E-state index contributed by atoms with van der Waals surface area (Å²) in [6, 6.07) is 5.35. The van der Waals surface area contributed by atoms with Gasteiger partial charge in [-0.2, -0.15) is 0 Å². The first-order valence-corrected chi connectivity index (χ1v) is 5.45. The van der Waals surface area contributed by atoms with Gasteiger partial charge in [-0.05, 0) is 32.3 Å². The maximum atomic E-state index is 5.98. The van der Waals surface area contributed by atoms with E-state index in [1.165, 1.54) is 0 Å². The van der Waals surface area contributed by atoms with Gasteiger partial charge in [-0.1, -0.05) is 23.2 Å². The van der Waals surface area contributed by atoms with Gasteiger partial charge in [0.2, 0.25) is 0 Å². The van der Waals surface area contributed by atoms with Gasteiger partial charge in [0.05, 0.1) is 6.54 Å². The van der Waals surface area contributed by atoms with Gasteiger partial charge < -0.3 is 4.90 Å². The Kier molecular flexibility index (Phi) is 5.09. The van der Waals surface area contributed by atoms with Gasteiger partial charge in [-0.25, -0.2) is 0 Å². The molecule has 0 amide bonds. The predicted molar refractivity (Wildman–Crippen MR) is 67.5 cm³/mol. The molecule has 0 aliphatic carbocycles. The Balaban J connectivity index is 2.59. The van der Waals surface area contributed by atoms with E-state index in [9.17, 15) is 0 Å². The molecule has 0 aliphatic rings. The molecule has 82 valence electrons. The Morgan fingerprint density at radius 2 is 2.07 bits per heavy atom. The number of benzene rings is 1. The average Bonchev–Trinajstić information content (AvgIpc) is 2.17. The molecule has 15 heavy (non-hydrogen) atoms. The zero-order valence-corrected chi connectivity index (χ0v) is 10.4. The lowest BCUT2D eigenvalue weighted by Gasteiger charge is -2.05. The lowest BCUT2D eigenvalue weighted by molar-refractivity contribution is 0.421. The molecule has 0 saturated heterocycles. The third-order valence-corrected chi connectivity index (χ3v) is 2.44. The van der Waals surface area contributed by atoms with E-state index < -0.39 is 0 Å². The Morgan fingerprint density at radius 1 is 1.33 bits per heavy atom. The van der Waals surface area contributed by atoms with E-state index in [2.05, 4.69) is 9.89 Å². The quantitative estimate of drug-likeness (QED) is 0.744. The number of hydrogen-bond acceptors (Lipinski definition) is 2. The van der Waals surface area contributed by atoms with Crippen LogP contribution in [0.3, 0.4) is 0 Å². The first kappa shape index (κ1) is 12.5. The number of nitrogens with zero attached hydrogens (tertiary/aromatic N) is 2. The molecule has 0 atom stereocenters. The molecular weight excluding hydrogens is 231 g/mol. The molecule has 0 heterocycles. The van der Waals surface area contributed by atoms with Gasteiger partial charge in [0.15, 0.2) is 0 Å². The molecule has 0 N–H and O–H groups in total. The summed E-state index contributed by atoms with van der Waals surface area (Å²) in [6.45, 7) is 1.69. The van der Waals surface area contributed by atoms with E-state index in [0.717, 1.165) is 18.7 Å². The van der Waals surface area contributed by atoms with Crippen molar-refractivity contribution in [2.75, 3.05) is 27.2 Å². The number of likely N-dealkylation sites (N-methyl/N-ethyl adjacent to an activating group) is 1. The second-order valence-corrected chi connectivity index (χ2v) is 4.35. The summed E-state index contributed by atoms with van der Waals surface area (Å²) in [6.07, 6.45) is 1.76. The van der Waals surface area contributed by atoms with Crippen molar-refractivity contribution in [1.29, 1.82) is 0 Å². The van der Waals surface area contributed by atoms with Crippen LogP contribution in [0.25, 0.3) is 0 Å². The average molecular weight is 245 g/mol. The number of halogens is 2. The van der Waals surface area contributed by atoms with Gasteiger partial charge in [0, 0.05) is 28.4 Å². The highest BCUT2D eigenvalue weighted by molar-refractivity contribution is 6.35. The van der Waals surface area contributed by atoms with Crippen molar-refractivity contribution >= 4 is 29.4 Å². The molecule has 0 bridgehead atoms. The van der Waals surface area contributed by atoms with Crippen molar-refractivity contribution in [3.05, 3.63) is 33.8 Å². The van der Waals surface area contributed by atoms with E-state index in [4.69, 9.17) is 23.2 Å². The smallest absolute Gasteiger partial charge is 0.0516 e. The van der Waals surface area contributed by atoms with E-state index in [1.807, 2.05) is 20.2 Å². The minimum absolute atomic E-state index is 0.674. The summed E-state index contributed by atoms with van der Waals surface area (Å²) < 4.78 is 0. The maximum Gasteiger partial charge on any atom is 0.0516 e. The van der Waals surface area contributed by atoms with Crippen molar-refractivity contribution in [3.63, 3.8) is 0 Å². The summed E-state index contributed by atoms with van der Waals surface area (Å²) in [5, 5.41) is 1.35. The van der Waals surface area contributed by atoms with E-state index >= 15 is 0 Å². The van der Waals surface area contributed by atoms with Gasteiger partial charge in [-0.15, -0.1) is 0 Å². The first-order valence-electron chi connectivity index (χ1n) is 4.69. The van der Waals surface area contributed by atoms with Crippen molar-refractivity contribution in [2.24, 2.45) is 4.99 Å². The predicted octanol–water partition coefficient (Wildman–Crippen LogP) is 2.97. The number of aliphatic imine (C=N–C) groups is 1. The summed E-state index contributed by atoms with van der Waals surface area (Å²) in [4.78, 5) is 6.35. The third-order valence-electron chi connectivity index (χ3n) is 1.86. The molecular formula is C11H14Cl2N2. The van der Waals surface area contributed by atoms with Crippen LogP contribution in [0.15, 0.2) is 23.2 Å². The number of hydrogen-bond donors (Lipinski definition) is 0. The number of rotatable bonds is 4. The monoisotopic (exact) mass is 244 g/mol. The van der Waals surface area contributed by atoms with Crippen molar-refractivity contribution in [1.82, 2.24) is 4.90 Å². The van der Waals surface area contributed by atoms with Crippen LogP contribution >= 0.6 is 23.2 Å². The van der Waals surface area contributed by atoms with E-state index in [-0.39, 0.29) is 0 Å². The minimum atomic E-state index is 0.674. The highest BCUT2D eigenvalue weighted by Crippen LogP contribution is 2.18. The fourth-order valence-electron chi connectivity index (χ4n) is 1.03. The van der Waals surface area contributed by atoms with Crippen LogP contribution < -0.4 is 0 Å². The lowest BCUT2D eigenvalue weighted by atomic mass is 10.2. The zero-order valence-electron chi connectivity index (χ0n) is 8.87. The molecule has 0 saturated carbocycles. The standard InChI is InChI=1S/C11H14Cl2N2/c1-15(2)6-5-14-8-9-7-10(12)3-4-11(9)13/h3-4,7-8H,5-6H2,1-2H3. The molecule has 0 spiro atoms.